The van der Waals surface area contributed by atoms with Gasteiger partial charge in [-0.2, -0.15) is 4.31 Å². The molecular formula is C23H24FN3O2S. The minimum atomic E-state index is -3.22. The topological polar surface area (TPSA) is 62.3 Å². The number of nitrogens with zero attached hydrogens (tertiary/aromatic N) is 2. The van der Waals surface area contributed by atoms with Crippen molar-refractivity contribution in [2.24, 2.45) is 0 Å². The lowest BCUT2D eigenvalue weighted by Crippen LogP contribution is -2.35. The molecule has 0 spiro atoms. The lowest BCUT2D eigenvalue weighted by molar-refractivity contribution is 0.395. The summed E-state index contributed by atoms with van der Waals surface area (Å²) in [6, 6.07) is 13.2. The summed E-state index contributed by atoms with van der Waals surface area (Å²) in [5, 5.41) is 3.44. The molecule has 0 amide bonds. The third-order valence-electron chi connectivity index (χ3n) is 5.45. The summed E-state index contributed by atoms with van der Waals surface area (Å²) < 4.78 is 39.8. The highest BCUT2D eigenvalue weighted by molar-refractivity contribution is 7.88. The Morgan fingerprint density at radius 2 is 1.93 bits per heavy atom. The maximum Gasteiger partial charge on any atom is 0.211 e. The number of fused-ring (bicyclic) bond motifs is 1. The first kappa shape index (κ1) is 20.5. The van der Waals surface area contributed by atoms with Crippen LogP contribution in [0.4, 0.5) is 15.8 Å². The smallest absolute Gasteiger partial charge is 0.211 e. The zero-order valence-electron chi connectivity index (χ0n) is 17.2. The van der Waals surface area contributed by atoms with Gasteiger partial charge in [0.15, 0.2) is 0 Å². The molecule has 5 nitrogen and oxygen atoms in total. The molecule has 0 aliphatic carbocycles. The fourth-order valence-corrected chi connectivity index (χ4v) is 4.62. The zero-order valence-corrected chi connectivity index (χ0v) is 18.1. The second-order valence-electron chi connectivity index (χ2n) is 7.79. The molecule has 3 aromatic rings. The van der Waals surface area contributed by atoms with Gasteiger partial charge in [-0.25, -0.2) is 12.8 Å². The molecule has 1 N–H and O–H groups in total. The van der Waals surface area contributed by atoms with Crippen LogP contribution in [0.2, 0.25) is 0 Å². The van der Waals surface area contributed by atoms with E-state index in [1.807, 2.05) is 50.2 Å². The first-order valence-electron chi connectivity index (χ1n) is 9.78. The molecule has 1 aliphatic heterocycles. The van der Waals surface area contributed by atoms with Crippen molar-refractivity contribution in [3.05, 3.63) is 76.7 Å². The monoisotopic (exact) mass is 425 g/mol. The predicted molar refractivity (Wildman–Crippen MR) is 118 cm³/mol. The maximum absolute atomic E-state index is 14.5. The molecule has 1 aromatic heterocycles. The Balaban J connectivity index is 1.67. The Kier molecular flexibility index (Phi) is 5.34. The molecule has 156 valence electrons. The number of benzene rings is 2. The molecule has 0 unspecified atom stereocenters. The summed E-state index contributed by atoms with van der Waals surface area (Å²) in [5.74, 6) is -0.340. The summed E-state index contributed by atoms with van der Waals surface area (Å²) in [6.45, 7) is 4.59. The van der Waals surface area contributed by atoms with Gasteiger partial charge in [-0.05, 0) is 66.8 Å². The number of hydrogen-bond acceptors (Lipinski definition) is 4. The van der Waals surface area contributed by atoms with Crippen LogP contribution in [0.3, 0.4) is 0 Å². The molecule has 0 saturated heterocycles. The summed E-state index contributed by atoms with van der Waals surface area (Å²) in [6.07, 6.45) is 3.55. The minimum absolute atomic E-state index is 0.334. The fourth-order valence-electron chi connectivity index (χ4n) is 3.83. The fraction of sp³-hybridized carbons (Fsp3) is 0.261. The van der Waals surface area contributed by atoms with Crippen molar-refractivity contribution in [3.63, 3.8) is 0 Å². The number of sulfonamides is 1. The second kappa shape index (κ2) is 7.81. The molecule has 0 fully saturated rings. The standard InChI is InChI=1S/C23H24FN3O2S/c1-15-11-21(24)23(25-13-15)20-12-18(8-7-16(20)2)26-22-6-4-5-17-14-27(30(3,28)29)10-9-19(17)22/h4-8,11-13,26H,9-10,14H2,1-3H3. The van der Waals surface area contributed by atoms with Gasteiger partial charge in [0.05, 0.1) is 6.26 Å². The van der Waals surface area contributed by atoms with Crippen LogP contribution < -0.4 is 5.32 Å². The van der Waals surface area contributed by atoms with E-state index in [0.29, 0.717) is 25.2 Å². The Hall–Kier alpha value is -2.77. The second-order valence-corrected chi connectivity index (χ2v) is 9.77. The number of aryl methyl sites for hydroxylation is 2. The zero-order chi connectivity index (χ0) is 21.5. The Morgan fingerprint density at radius 1 is 1.13 bits per heavy atom. The van der Waals surface area contributed by atoms with Crippen LogP contribution in [-0.2, 0) is 23.0 Å². The van der Waals surface area contributed by atoms with Crippen molar-refractivity contribution in [1.82, 2.24) is 9.29 Å². The van der Waals surface area contributed by atoms with Crippen molar-refractivity contribution < 1.29 is 12.8 Å². The van der Waals surface area contributed by atoms with E-state index >= 15 is 0 Å². The van der Waals surface area contributed by atoms with Crippen LogP contribution in [-0.4, -0.2) is 30.5 Å². The van der Waals surface area contributed by atoms with E-state index in [4.69, 9.17) is 0 Å². The van der Waals surface area contributed by atoms with Gasteiger partial charge in [0, 0.05) is 36.2 Å². The quantitative estimate of drug-likeness (QED) is 0.665. The van der Waals surface area contributed by atoms with Crippen molar-refractivity contribution in [2.45, 2.75) is 26.8 Å². The summed E-state index contributed by atoms with van der Waals surface area (Å²) >= 11 is 0. The minimum Gasteiger partial charge on any atom is -0.355 e. The normalized spacial score (nSPS) is 14.4. The molecule has 0 bridgehead atoms. The molecule has 0 saturated carbocycles. The third kappa shape index (κ3) is 4.08. The average molecular weight is 426 g/mol. The number of halogens is 1. The highest BCUT2D eigenvalue weighted by Crippen LogP contribution is 2.32. The van der Waals surface area contributed by atoms with E-state index in [9.17, 15) is 12.8 Å². The summed E-state index contributed by atoms with van der Waals surface area (Å²) in [5.41, 5.74) is 6.67. The number of aromatic nitrogens is 1. The Morgan fingerprint density at radius 3 is 2.67 bits per heavy atom. The molecule has 2 heterocycles. The van der Waals surface area contributed by atoms with E-state index in [0.717, 1.165) is 39.2 Å². The number of pyridine rings is 1. The molecule has 0 radical (unpaired) electrons. The lowest BCUT2D eigenvalue weighted by Gasteiger charge is -2.28. The predicted octanol–water partition coefficient (Wildman–Crippen LogP) is 4.57. The van der Waals surface area contributed by atoms with Gasteiger partial charge in [0.1, 0.15) is 11.5 Å². The van der Waals surface area contributed by atoms with E-state index < -0.39 is 10.0 Å². The van der Waals surface area contributed by atoms with Gasteiger partial charge in [-0.15, -0.1) is 0 Å². The number of nitrogens with one attached hydrogen (secondary N) is 1. The largest absolute Gasteiger partial charge is 0.355 e. The first-order valence-corrected chi connectivity index (χ1v) is 11.6. The summed E-state index contributed by atoms with van der Waals surface area (Å²) in [4.78, 5) is 4.29. The number of rotatable bonds is 4. The molecule has 4 rings (SSSR count). The molecule has 30 heavy (non-hydrogen) atoms. The van der Waals surface area contributed by atoms with E-state index in [1.54, 1.807) is 6.20 Å². The summed E-state index contributed by atoms with van der Waals surface area (Å²) in [7, 11) is -3.22. The SMILES string of the molecule is Cc1cnc(-c2cc(Nc3cccc4c3CCN(S(C)(=O)=O)C4)ccc2C)c(F)c1. The maximum atomic E-state index is 14.5. The van der Waals surface area contributed by atoms with Gasteiger partial charge in [0.2, 0.25) is 10.0 Å². The number of anilines is 2. The van der Waals surface area contributed by atoms with Crippen LogP contribution >= 0.6 is 0 Å². The average Bonchev–Trinajstić information content (AvgIpc) is 2.69. The van der Waals surface area contributed by atoms with Crippen LogP contribution in [0.5, 0.6) is 0 Å². The van der Waals surface area contributed by atoms with Crippen LogP contribution in [0.1, 0.15) is 22.3 Å². The van der Waals surface area contributed by atoms with Crippen LogP contribution in [0.15, 0.2) is 48.7 Å². The van der Waals surface area contributed by atoms with Gasteiger partial charge < -0.3 is 5.32 Å². The molecular weight excluding hydrogens is 401 g/mol. The van der Waals surface area contributed by atoms with Crippen molar-refractivity contribution in [1.29, 1.82) is 0 Å². The van der Waals surface area contributed by atoms with Crippen molar-refractivity contribution in [2.75, 3.05) is 18.1 Å². The van der Waals surface area contributed by atoms with Crippen LogP contribution in [0.25, 0.3) is 11.3 Å². The highest BCUT2D eigenvalue weighted by atomic mass is 32.2. The van der Waals surface area contributed by atoms with E-state index in [-0.39, 0.29) is 5.82 Å². The van der Waals surface area contributed by atoms with Crippen LogP contribution in [0, 0.1) is 19.7 Å². The molecule has 1 aliphatic rings. The molecule has 2 aromatic carbocycles. The van der Waals surface area contributed by atoms with Gasteiger partial charge >= 0.3 is 0 Å². The lowest BCUT2D eigenvalue weighted by atomic mass is 9.98. The van der Waals surface area contributed by atoms with Crippen molar-refractivity contribution >= 4 is 21.4 Å². The van der Waals surface area contributed by atoms with Crippen molar-refractivity contribution in [3.8, 4) is 11.3 Å². The first-order chi connectivity index (χ1) is 14.2. The molecule has 7 heteroatoms. The van der Waals surface area contributed by atoms with E-state index in [1.165, 1.54) is 16.6 Å². The Bertz CT molecular complexity index is 1230. The third-order valence-corrected chi connectivity index (χ3v) is 6.70. The Labute approximate surface area is 176 Å². The number of hydrogen-bond donors (Lipinski definition) is 1. The van der Waals surface area contributed by atoms with Gasteiger partial charge in [-0.3, -0.25) is 4.98 Å². The molecule has 0 atom stereocenters. The van der Waals surface area contributed by atoms with Gasteiger partial charge in [0.25, 0.3) is 0 Å². The highest BCUT2D eigenvalue weighted by Gasteiger charge is 2.24. The van der Waals surface area contributed by atoms with Gasteiger partial charge in [-0.1, -0.05) is 18.2 Å². The van der Waals surface area contributed by atoms with E-state index in [2.05, 4.69) is 10.3 Å².